The van der Waals surface area contributed by atoms with Crippen molar-refractivity contribution < 1.29 is 14.7 Å². The molecule has 0 aliphatic heterocycles. The Kier molecular flexibility index (Phi) is 3.94. The first-order valence-corrected chi connectivity index (χ1v) is 5.30. The van der Waals surface area contributed by atoms with Crippen LogP contribution in [-0.4, -0.2) is 29.2 Å². The quantitative estimate of drug-likeness (QED) is 0.654. The number of carboxylic acids is 1. The minimum absolute atomic E-state index is 0.0645. The molecule has 1 saturated carbocycles. The molecule has 0 aromatic heterocycles. The predicted molar refractivity (Wildman–Crippen MR) is 55.6 cm³/mol. The number of carbonyl (C=O) groups excluding carboxylic acids is 1. The number of carbonyl (C=O) groups is 2. The first-order valence-electron chi connectivity index (χ1n) is 5.30. The van der Waals surface area contributed by atoms with Gasteiger partial charge in [-0.2, -0.15) is 0 Å². The van der Waals surface area contributed by atoms with E-state index in [1.165, 1.54) is 0 Å². The third kappa shape index (κ3) is 3.42. The summed E-state index contributed by atoms with van der Waals surface area (Å²) in [6.45, 7) is 3.73. The third-order valence-electron chi connectivity index (χ3n) is 2.57. The van der Waals surface area contributed by atoms with Crippen molar-refractivity contribution in [2.45, 2.75) is 45.2 Å². The fourth-order valence-electron chi connectivity index (χ4n) is 1.90. The zero-order valence-electron chi connectivity index (χ0n) is 9.12. The van der Waals surface area contributed by atoms with E-state index in [1.54, 1.807) is 0 Å². The molecule has 1 aliphatic carbocycles. The molecule has 0 saturated heterocycles. The number of nitrogens with one attached hydrogen (secondary N) is 2. The molecule has 0 unspecified atom stereocenters. The van der Waals surface area contributed by atoms with Gasteiger partial charge in [-0.1, -0.05) is 6.42 Å². The highest BCUT2D eigenvalue weighted by molar-refractivity contribution is 5.77. The molecule has 5 heteroatoms. The van der Waals surface area contributed by atoms with Crippen LogP contribution in [0.5, 0.6) is 0 Å². The Balaban J connectivity index is 2.43. The van der Waals surface area contributed by atoms with Gasteiger partial charge in [-0.15, -0.1) is 0 Å². The summed E-state index contributed by atoms with van der Waals surface area (Å²) < 4.78 is 0. The van der Waals surface area contributed by atoms with Gasteiger partial charge in [0.1, 0.15) is 0 Å². The lowest BCUT2D eigenvalue weighted by molar-refractivity contribution is -0.142. The summed E-state index contributed by atoms with van der Waals surface area (Å²) in [4.78, 5) is 22.2. The normalized spacial score (nSPS) is 25.3. The van der Waals surface area contributed by atoms with Crippen LogP contribution in [0.4, 0.5) is 4.79 Å². The second-order valence-corrected chi connectivity index (χ2v) is 4.25. The average molecular weight is 214 g/mol. The van der Waals surface area contributed by atoms with Gasteiger partial charge in [0.05, 0.1) is 5.92 Å². The Hall–Kier alpha value is -1.26. The number of carboxylic acid groups (broad SMARTS) is 1. The second kappa shape index (κ2) is 5.00. The largest absolute Gasteiger partial charge is 0.481 e. The van der Waals surface area contributed by atoms with Gasteiger partial charge in [0.15, 0.2) is 0 Å². The van der Waals surface area contributed by atoms with Crippen LogP contribution < -0.4 is 10.6 Å². The molecule has 86 valence electrons. The maximum Gasteiger partial charge on any atom is 0.315 e. The van der Waals surface area contributed by atoms with Gasteiger partial charge in [0.25, 0.3) is 0 Å². The van der Waals surface area contributed by atoms with Crippen molar-refractivity contribution in [3.05, 3.63) is 0 Å². The standard InChI is InChI=1S/C10H18N2O3/c1-6(2)11-10(15)12-8-5-3-4-7(8)9(13)14/h6-8H,3-5H2,1-2H3,(H,13,14)(H2,11,12,15)/t7-,8+/m0/s1. The molecule has 2 amide bonds. The van der Waals surface area contributed by atoms with Crippen molar-refractivity contribution in [3.63, 3.8) is 0 Å². The van der Waals surface area contributed by atoms with Crippen molar-refractivity contribution in [2.75, 3.05) is 0 Å². The lowest BCUT2D eigenvalue weighted by Gasteiger charge is -2.18. The fraction of sp³-hybridized carbons (Fsp3) is 0.800. The maximum atomic E-state index is 11.4. The molecule has 3 N–H and O–H groups in total. The topological polar surface area (TPSA) is 78.4 Å². The highest BCUT2D eigenvalue weighted by Crippen LogP contribution is 2.25. The third-order valence-corrected chi connectivity index (χ3v) is 2.57. The van der Waals surface area contributed by atoms with Gasteiger partial charge < -0.3 is 15.7 Å². The van der Waals surface area contributed by atoms with Crippen LogP contribution in [0.15, 0.2) is 0 Å². The summed E-state index contributed by atoms with van der Waals surface area (Å²) in [5.41, 5.74) is 0. The van der Waals surface area contributed by atoms with E-state index in [-0.39, 0.29) is 18.1 Å². The Morgan fingerprint density at radius 2 is 2.00 bits per heavy atom. The molecular formula is C10H18N2O3. The Morgan fingerprint density at radius 1 is 1.33 bits per heavy atom. The number of aliphatic carboxylic acids is 1. The second-order valence-electron chi connectivity index (χ2n) is 4.25. The number of hydrogen-bond donors (Lipinski definition) is 3. The van der Waals surface area contributed by atoms with Gasteiger partial charge >= 0.3 is 12.0 Å². The van der Waals surface area contributed by atoms with Crippen LogP contribution in [0.25, 0.3) is 0 Å². The first-order chi connectivity index (χ1) is 7.00. The molecule has 1 fully saturated rings. The predicted octanol–water partition coefficient (Wildman–Crippen LogP) is 0.947. The van der Waals surface area contributed by atoms with E-state index in [4.69, 9.17) is 5.11 Å². The zero-order chi connectivity index (χ0) is 11.4. The molecule has 1 aliphatic rings. The van der Waals surface area contributed by atoms with E-state index >= 15 is 0 Å². The lowest BCUT2D eigenvalue weighted by Crippen LogP contribution is -2.47. The molecule has 15 heavy (non-hydrogen) atoms. The van der Waals surface area contributed by atoms with Crippen LogP contribution in [0.1, 0.15) is 33.1 Å². The van der Waals surface area contributed by atoms with Gasteiger partial charge in [-0.05, 0) is 26.7 Å². The number of rotatable bonds is 3. The van der Waals surface area contributed by atoms with Crippen LogP contribution in [0.2, 0.25) is 0 Å². The van der Waals surface area contributed by atoms with Crippen molar-refractivity contribution >= 4 is 12.0 Å². The summed E-state index contributed by atoms with van der Waals surface area (Å²) in [7, 11) is 0. The molecule has 1 rings (SSSR count). The van der Waals surface area contributed by atoms with Crippen molar-refractivity contribution in [3.8, 4) is 0 Å². The molecule has 2 atom stereocenters. The summed E-state index contributed by atoms with van der Waals surface area (Å²) in [6.07, 6.45) is 2.27. The number of amides is 2. The first kappa shape index (κ1) is 11.8. The monoisotopic (exact) mass is 214 g/mol. The van der Waals surface area contributed by atoms with E-state index in [9.17, 15) is 9.59 Å². The fourth-order valence-corrected chi connectivity index (χ4v) is 1.90. The number of hydrogen-bond acceptors (Lipinski definition) is 2. The molecule has 0 heterocycles. The molecule has 0 bridgehead atoms. The lowest BCUT2D eigenvalue weighted by atomic mass is 10.0. The summed E-state index contributed by atoms with van der Waals surface area (Å²) in [5.74, 6) is -1.25. The van der Waals surface area contributed by atoms with Crippen LogP contribution >= 0.6 is 0 Å². The summed E-state index contributed by atoms with van der Waals surface area (Å²) in [5, 5.41) is 14.3. The van der Waals surface area contributed by atoms with Crippen molar-refractivity contribution in [1.82, 2.24) is 10.6 Å². The molecular weight excluding hydrogens is 196 g/mol. The van der Waals surface area contributed by atoms with E-state index in [1.807, 2.05) is 13.8 Å². The van der Waals surface area contributed by atoms with E-state index in [2.05, 4.69) is 10.6 Å². The highest BCUT2D eigenvalue weighted by atomic mass is 16.4. The van der Waals surface area contributed by atoms with Gasteiger partial charge in [0.2, 0.25) is 0 Å². The van der Waals surface area contributed by atoms with E-state index in [0.29, 0.717) is 6.42 Å². The number of urea groups is 1. The molecule has 0 spiro atoms. The smallest absolute Gasteiger partial charge is 0.315 e. The highest BCUT2D eigenvalue weighted by Gasteiger charge is 2.33. The van der Waals surface area contributed by atoms with E-state index < -0.39 is 11.9 Å². The van der Waals surface area contributed by atoms with Gasteiger partial charge in [-0.3, -0.25) is 4.79 Å². The average Bonchev–Trinajstić information content (AvgIpc) is 2.50. The van der Waals surface area contributed by atoms with Crippen molar-refractivity contribution in [2.24, 2.45) is 5.92 Å². The maximum absolute atomic E-state index is 11.4. The summed E-state index contributed by atoms with van der Waals surface area (Å²) in [6, 6.07) is -0.431. The summed E-state index contributed by atoms with van der Waals surface area (Å²) >= 11 is 0. The van der Waals surface area contributed by atoms with E-state index in [0.717, 1.165) is 12.8 Å². The van der Waals surface area contributed by atoms with Crippen molar-refractivity contribution in [1.29, 1.82) is 0 Å². The Morgan fingerprint density at radius 3 is 2.53 bits per heavy atom. The van der Waals surface area contributed by atoms with Crippen LogP contribution in [0.3, 0.4) is 0 Å². The Labute approximate surface area is 89.2 Å². The van der Waals surface area contributed by atoms with Crippen LogP contribution in [0, 0.1) is 5.92 Å². The molecule has 0 aromatic carbocycles. The van der Waals surface area contributed by atoms with Gasteiger partial charge in [0, 0.05) is 12.1 Å². The molecule has 0 aromatic rings. The van der Waals surface area contributed by atoms with Gasteiger partial charge in [-0.25, -0.2) is 4.79 Å². The minimum Gasteiger partial charge on any atom is -0.481 e. The SMILES string of the molecule is CC(C)NC(=O)N[C@@H]1CCC[C@@H]1C(=O)O. The molecule has 0 radical (unpaired) electrons. The van der Waals surface area contributed by atoms with Crippen LogP contribution in [-0.2, 0) is 4.79 Å². The Bertz CT molecular complexity index is 253. The minimum atomic E-state index is -0.817. The zero-order valence-corrected chi connectivity index (χ0v) is 9.12. The molecule has 5 nitrogen and oxygen atoms in total.